The molecule has 3 aromatic rings. The van der Waals surface area contributed by atoms with Crippen molar-refractivity contribution in [2.75, 3.05) is 4.72 Å². The zero-order chi connectivity index (χ0) is 21.0. The highest BCUT2D eigenvalue weighted by Crippen LogP contribution is 2.25. The number of nitrogens with one attached hydrogen (secondary N) is 1. The molecule has 0 aromatic heterocycles. The van der Waals surface area contributed by atoms with Gasteiger partial charge in [0.2, 0.25) is 0 Å². The zero-order valence-corrected chi connectivity index (χ0v) is 15.9. The molecule has 0 aliphatic heterocycles. The number of anilines is 1. The molecular formula is C21H17F2NO4S. The summed E-state index contributed by atoms with van der Waals surface area (Å²) in [7, 11) is -4.48. The molecule has 150 valence electrons. The van der Waals surface area contributed by atoms with E-state index in [0.717, 1.165) is 23.8 Å². The summed E-state index contributed by atoms with van der Waals surface area (Å²) in [5.41, 5.74) is 1.73. The van der Waals surface area contributed by atoms with Gasteiger partial charge in [-0.3, -0.25) is 4.72 Å². The summed E-state index contributed by atoms with van der Waals surface area (Å²) in [6.45, 7) is 0. The van der Waals surface area contributed by atoms with Gasteiger partial charge in [-0.15, -0.1) is 0 Å². The number of benzene rings is 3. The first-order valence-corrected chi connectivity index (χ1v) is 10.1. The number of hydrogen-bond donors (Lipinski definition) is 2. The first kappa shape index (κ1) is 20.5. The predicted molar refractivity (Wildman–Crippen MR) is 104 cm³/mol. The van der Waals surface area contributed by atoms with Crippen molar-refractivity contribution in [2.45, 2.75) is 17.7 Å². The number of hydrogen-bond acceptors (Lipinski definition) is 3. The van der Waals surface area contributed by atoms with Crippen molar-refractivity contribution in [3.8, 4) is 0 Å². The first-order valence-electron chi connectivity index (χ1n) is 8.65. The van der Waals surface area contributed by atoms with Crippen molar-refractivity contribution in [1.82, 2.24) is 0 Å². The normalized spacial score (nSPS) is 11.2. The fraction of sp³-hybridized carbons (Fsp3) is 0.0952. The average Bonchev–Trinajstić information content (AvgIpc) is 2.67. The Balaban J connectivity index is 1.84. The zero-order valence-electron chi connectivity index (χ0n) is 15.1. The standard InChI is InChI=1S/C21H17F2NO4S/c22-17-8-4-9-18(23)20(17)29(27,28)24-19-10-2-1-6-15(19)12-11-14-5-3-7-16(13-14)21(25)26/h1-10,13,24H,11-12H2,(H,25,26). The van der Waals surface area contributed by atoms with Gasteiger partial charge in [0.25, 0.3) is 10.0 Å². The Morgan fingerprint density at radius 3 is 2.24 bits per heavy atom. The Morgan fingerprint density at radius 1 is 0.897 bits per heavy atom. The number of carbonyl (C=O) groups is 1. The van der Waals surface area contributed by atoms with E-state index in [9.17, 15) is 22.0 Å². The third kappa shape index (κ3) is 4.78. The van der Waals surface area contributed by atoms with Gasteiger partial charge in [-0.25, -0.2) is 22.0 Å². The second kappa shape index (κ2) is 8.40. The number of para-hydroxylation sites is 1. The van der Waals surface area contributed by atoms with Crippen molar-refractivity contribution < 1.29 is 27.1 Å². The number of aromatic carboxylic acids is 1. The third-order valence-electron chi connectivity index (χ3n) is 4.31. The summed E-state index contributed by atoms with van der Waals surface area (Å²) >= 11 is 0. The van der Waals surface area contributed by atoms with Crippen LogP contribution in [0.1, 0.15) is 21.5 Å². The molecular weight excluding hydrogens is 400 g/mol. The molecule has 3 aromatic carbocycles. The largest absolute Gasteiger partial charge is 0.478 e. The third-order valence-corrected chi connectivity index (χ3v) is 5.72. The monoisotopic (exact) mass is 417 g/mol. The molecule has 0 heterocycles. The van der Waals surface area contributed by atoms with E-state index < -0.39 is 32.5 Å². The molecule has 3 rings (SSSR count). The van der Waals surface area contributed by atoms with Gasteiger partial charge in [0.05, 0.1) is 11.3 Å². The van der Waals surface area contributed by atoms with Crippen molar-refractivity contribution >= 4 is 21.7 Å². The van der Waals surface area contributed by atoms with Gasteiger partial charge in [0.1, 0.15) is 11.6 Å². The number of sulfonamides is 1. The summed E-state index contributed by atoms with van der Waals surface area (Å²) in [6, 6.07) is 15.8. The van der Waals surface area contributed by atoms with E-state index in [1.54, 1.807) is 36.4 Å². The molecule has 0 radical (unpaired) electrons. The van der Waals surface area contributed by atoms with Crippen LogP contribution >= 0.6 is 0 Å². The molecule has 0 aliphatic carbocycles. The molecule has 2 N–H and O–H groups in total. The first-order chi connectivity index (χ1) is 13.8. The molecule has 0 aliphatic rings. The summed E-state index contributed by atoms with van der Waals surface area (Å²) in [5.74, 6) is -3.40. The lowest BCUT2D eigenvalue weighted by molar-refractivity contribution is 0.0696. The highest BCUT2D eigenvalue weighted by molar-refractivity contribution is 7.92. The Kier molecular flexibility index (Phi) is 5.93. The van der Waals surface area contributed by atoms with Crippen LogP contribution in [0.5, 0.6) is 0 Å². The van der Waals surface area contributed by atoms with E-state index in [2.05, 4.69) is 4.72 Å². The molecule has 8 heteroatoms. The van der Waals surface area contributed by atoms with Crippen LogP contribution in [0.2, 0.25) is 0 Å². The number of halogens is 2. The van der Waals surface area contributed by atoms with Crippen molar-refractivity contribution in [2.24, 2.45) is 0 Å². The lowest BCUT2D eigenvalue weighted by atomic mass is 10.0. The van der Waals surface area contributed by atoms with Gasteiger partial charge in [-0.05, 0) is 54.3 Å². The van der Waals surface area contributed by atoms with Gasteiger partial charge in [-0.2, -0.15) is 0 Å². The van der Waals surface area contributed by atoms with Crippen LogP contribution in [0.15, 0.2) is 71.6 Å². The van der Waals surface area contributed by atoms with Crippen LogP contribution in [0, 0.1) is 11.6 Å². The van der Waals surface area contributed by atoms with Gasteiger partial charge in [-0.1, -0.05) is 36.4 Å². The fourth-order valence-corrected chi connectivity index (χ4v) is 4.15. The molecule has 5 nitrogen and oxygen atoms in total. The van der Waals surface area contributed by atoms with Crippen LogP contribution in [0.25, 0.3) is 0 Å². The molecule has 0 atom stereocenters. The molecule has 0 unspecified atom stereocenters. The Bertz CT molecular complexity index is 1140. The number of carboxylic acid groups (broad SMARTS) is 1. The Hall–Kier alpha value is -3.26. The highest BCUT2D eigenvalue weighted by Gasteiger charge is 2.24. The number of carboxylic acids is 1. The van der Waals surface area contributed by atoms with Crippen LogP contribution < -0.4 is 4.72 Å². The molecule has 0 saturated heterocycles. The van der Waals surface area contributed by atoms with Crippen LogP contribution in [-0.2, 0) is 22.9 Å². The quantitative estimate of drug-likeness (QED) is 0.602. The van der Waals surface area contributed by atoms with Crippen molar-refractivity contribution in [3.63, 3.8) is 0 Å². The smallest absolute Gasteiger partial charge is 0.335 e. The van der Waals surface area contributed by atoms with E-state index in [1.807, 2.05) is 0 Å². The van der Waals surface area contributed by atoms with Crippen LogP contribution in [-0.4, -0.2) is 19.5 Å². The topological polar surface area (TPSA) is 83.5 Å². The van der Waals surface area contributed by atoms with Gasteiger partial charge < -0.3 is 5.11 Å². The summed E-state index contributed by atoms with van der Waals surface area (Å²) in [5, 5.41) is 9.08. The summed E-state index contributed by atoms with van der Waals surface area (Å²) in [4.78, 5) is 10.1. The maximum atomic E-state index is 13.9. The van der Waals surface area contributed by atoms with Gasteiger partial charge in [0, 0.05) is 0 Å². The lowest BCUT2D eigenvalue weighted by Gasteiger charge is -2.14. The van der Waals surface area contributed by atoms with Crippen molar-refractivity contribution in [3.05, 3.63) is 95.1 Å². The molecule has 0 bridgehead atoms. The molecule has 0 fully saturated rings. The van der Waals surface area contributed by atoms with Gasteiger partial charge >= 0.3 is 5.97 Å². The van der Waals surface area contributed by atoms with E-state index in [0.29, 0.717) is 18.4 Å². The minimum atomic E-state index is -4.48. The SMILES string of the molecule is O=C(O)c1cccc(CCc2ccccc2NS(=O)(=O)c2c(F)cccc2F)c1. The minimum absolute atomic E-state index is 0.159. The minimum Gasteiger partial charge on any atom is -0.478 e. The highest BCUT2D eigenvalue weighted by atomic mass is 32.2. The average molecular weight is 417 g/mol. The lowest BCUT2D eigenvalue weighted by Crippen LogP contribution is -2.17. The number of aryl methyl sites for hydroxylation is 2. The fourth-order valence-electron chi connectivity index (χ4n) is 2.91. The van der Waals surface area contributed by atoms with Crippen molar-refractivity contribution in [1.29, 1.82) is 0 Å². The maximum Gasteiger partial charge on any atom is 0.335 e. The summed E-state index contributed by atoms with van der Waals surface area (Å²) < 4.78 is 55.1. The number of rotatable bonds is 7. The maximum absolute atomic E-state index is 13.9. The molecule has 29 heavy (non-hydrogen) atoms. The Morgan fingerprint density at radius 2 is 1.55 bits per heavy atom. The van der Waals surface area contributed by atoms with E-state index in [-0.39, 0.29) is 11.3 Å². The molecule has 0 spiro atoms. The molecule has 0 saturated carbocycles. The van der Waals surface area contributed by atoms with Crippen LogP contribution in [0.3, 0.4) is 0 Å². The molecule has 0 amide bonds. The second-order valence-corrected chi connectivity index (χ2v) is 7.94. The van der Waals surface area contributed by atoms with E-state index in [4.69, 9.17) is 5.11 Å². The predicted octanol–water partition coefficient (Wildman–Crippen LogP) is 4.25. The van der Waals surface area contributed by atoms with Crippen LogP contribution in [0.4, 0.5) is 14.5 Å². The summed E-state index contributed by atoms with van der Waals surface area (Å²) in [6.07, 6.45) is 0.843. The van der Waals surface area contributed by atoms with E-state index in [1.165, 1.54) is 12.1 Å². The van der Waals surface area contributed by atoms with E-state index >= 15 is 0 Å². The Labute approximate surface area is 166 Å². The second-order valence-electron chi connectivity index (χ2n) is 6.32. The van der Waals surface area contributed by atoms with Gasteiger partial charge in [0.15, 0.2) is 4.90 Å².